The van der Waals surface area contributed by atoms with Gasteiger partial charge in [0.15, 0.2) is 0 Å². The molecule has 0 unspecified atom stereocenters. The van der Waals surface area contributed by atoms with Gasteiger partial charge < -0.3 is 16.8 Å². The molecule has 13 heavy (non-hydrogen) atoms. The Morgan fingerprint density at radius 2 is 2.08 bits per heavy atom. The fraction of sp³-hybridized carbons (Fsp3) is 0.750. The van der Waals surface area contributed by atoms with Crippen molar-refractivity contribution >= 4 is 11.8 Å². The first kappa shape index (κ1) is 11.9. The second-order valence-corrected chi connectivity index (χ2v) is 3.00. The number of primary amides is 1. The highest BCUT2D eigenvalue weighted by Gasteiger charge is 2.14. The van der Waals surface area contributed by atoms with Gasteiger partial charge in [0.05, 0.1) is 6.54 Å². The third-order valence-corrected chi connectivity index (χ3v) is 1.71. The highest BCUT2D eigenvalue weighted by atomic mass is 16.2. The van der Waals surface area contributed by atoms with Crippen molar-refractivity contribution in [3.63, 3.8) is 0 Å². The molecule has 0 aromatic rings. The minimum Gasteiger partial charge on any atom is -0.368 e. The molecule has 5 nitrogen and oxygen atoms in total. The van der Waals surface area contributed by atoms with Crippen molar-refractivity contribution in [2.24, 2.45) is 5.73 Å². The molecule has 0 aromatic heterocycles. The van der Waals surface area contributed by atoms with Gasteiger partial charge >= 0.3 is 0 Å². The van der Waals surface area contributed by atoms with Gasteiger partial charge in [0.2, 0.25) is 11.8 Å². The monoisotopic (exact) mass is 188 g/mol. The molecule has 0 aliphatic carbocycles. The quantitative estimate of drug-likeness (QED) is 0.437. The molecule has 76 valence electrons. The van der Waals surface area contributed by atoms with Gasteiger partial charge in [-0.15, -0.1) is 0 Å². The Bertz CT molecular complexity index is 182. The average molecular weight is 188 g/mol. The van der Waals surface area contributed by atoms with Crippen molar-refractivity contribution in [2.45, 2.75) is 32.2 Å². The van der Waals surface area contributed by atoms with Crippen LogP contribution in [0.4, 0.5) is 0 Å². The average Bonchev–Trinajstić information content (AvgIpc) is 2.02. The Labute approximate surface area is 77.8 Å². The first-order valence-electron chi connectivity index (χ1n) is 4.43. The van der Waals surface area contributed by atoms with Crippen LogP contribution in [0.3, 0.4) is 0 Å². The second kappa shape index (κ2) is 6.42. The molecule has 1 atom stereocenters. The van der Waals surface area contributed by atoms with E-state index in [1.54, 1.807) is 0 Å². The summed E-state index contributed by atoms with van der Waals surface area (Å²) in [7, 11) is 0. The van der Waals surface area contributed by atoms with Crippen molar-refractivity contribution in [2.75, 3.05) is 6.54 Å². The number of hydrogen-bond donors (Lipinski definition) is 3. The Kier molecular flexibility index (Phi) is 5.88. The summed E-state index contributed by atoms with van der Waals surface area (Å²) in [5.41, 5.74) is 8.78. The fourth-order valence-corrected chi connectivity index (χ4v) is 1.06. The molecular formula is C8H18N3O2+. The van der Waals surface area contributed by atoms with E-state index >= 15 is 0 Å². The largest absolute Gasteiger partial charge is 0.368 e. The highest BCUT2D eigenvalue weighted by Crippen LogP contribution is 1.99. The van der Waals surface area contributed by atoms with Gasteiger partial charge in [-0.2, -0.15) is 0 Å². The Morgan fingerprint density at radius 3 is 2.46 bits per heavy atom. The van der Waals surface area contributed by atoms with Crippen molar-refractivity contribution in [3.8, 4) is 0 Å². The second-order valence-electron chi connectivity index (χ2n) is 3.00. The van der Waals surface area contributed by atoms with Gasteiger partial charge in [0, 0.05) is 6.92 Å². The summed E-state index contributed by atoms with van der Waals surface area (Å²) >= 11 is 0. The van der Waals surface area contributed by atoms with Crippen LogP contribution in [-0.4, -0.2) is 24.4 Å². The Morgan fingerprint density at radius 1 is 1.46 bits per heavy atom. The van der Waals surface area contributed by atoms with E-state index in [1.165, 1.54) is 6.92 Å². The molecule has 0 bridgehead atoms. The van der Waals surface area contributed by atoms with Gasteiger partial charge in [0.1, 0.15) is 6.04 Å². The summed E-state index contributed by atoms with van der Waals surface area (Å²) in [5.74, 6) is -0.697. The van der Waals surface area contributed by atoms with Gasteiger partial charge in [-0.3, -0.25) is 9.59 Å². The van der Waals surface area contributed by atoms with E-state index in [2.05, 4.69) is 11.1 Å². The van der Waals surface area contributed by atoms with E-state index < -0.39 is 11.9 Å². The van der Waals surface area contributed by atoms with Crippen LogP contribution in [0.5, 0.6) is 0 Å². The number of quaternary nitrogens is 1. The summed E-state index contributed by atoms with van der Waals surface area (Å²) in [5, 5.41) is 2.50. The van der Waals surface area contributed by atoms with Crippen LogP contribution in [-0.2, 0) is 9.59 Å². The molecule has 0 aromatic carbocycles. The van der Waals surface area contributed by atoms with E-state index in [1.807, 2.05) is 0 Å². The SMILES string of the molecule is CC(=O)N[C@@H](CCCC[NH3+])C(N)=O. The third-order valence-electron chi connectivity index (χ3n) is 1.71. The minimum atomic E-state index is -0.524. The van der Waals surface area contributed by atoms with Crippen molar-refractivity contribution in [1.82, 2.24) is 5.32 Å². The molecule has 2 amide bonds. The zero-order chi connectivity index (χ0) is 10.3. The topological polar surface area (TPSA) is 99.8 Å². The summed E-state index contributed by atoms with van der Waals surface area (Å²) in [6.07, 6.45) is 2.41. The molecule has 0 heterocycles. The molecule has 6 N–H and O–H groups in total. The fourth-order valence-electron chi connectivity index (χ4n) is 1.06. The van der Waals surface area contributed by atoms with Crippen LogP contribution >= 0.6 is 0 Å². The van der Waals surface area contributed by atoms with Crippen LogP contribution in [0.15, 0.2) is 0 Å². The summed E-state index contributed by atoms with van der Waals surface area (Å²) in [4.78, 5) is 21.5. The number of unbranched alkanes of at least 4 members (excludes halogenated alkanes) is 1. The summed E-state index contributed by atoms with van der Waals surface area (Å²) in [6, 6.07) is -0.524. The number of nitrogens with two attached hydrogens (primary N) is 1. The van der Waals surface area contributed by atoms with Crippen LogP contribution in [0, 0.1) is 0 Å². The molecule has 0 radical (unpaired) electrons. The first-order valence-corrected chi connectivity index (χ1v) is 4.43. The number of hydrogen-bond acceptors (Lipinski definition) is 2. The zero-order valence-corrected chi connectivity index (χ0v) is 8.01. The number of carbonyl (C=O) groups excluding carboxylic acids is 2. The zero-order valence-electron chi connectivity index (χ0n) is 8.01. The standard InChI is InChI=1S/C8H17N3O2/c1-6(12)11-7(8(10)13)4-2-3-5-9/h7H,2-5,9H2,1H3,(H2,10,13)(H,11,12)/p+1/t7-/m0/s1. The van der Waals surface area contributed by atoms with Crippen molar-refractivity contribution in [3.05, 3.63) is 0 Å². The molecule has 0 fully saturated rings. The molecule has 0 aliphatic rings. The summed E-state index contributed by atoms with van der Waals surface area (Å²) < 4.78 is 0. The molecule has 0 spiro atoms. The molecule has 0 rings (SSSR count). The molecule has 0 saturated heterocycles. The van der Waals surface area contributed by atoms with Gasteiger partial charge in [-0.1, -0.05) is 0 Å². The molecule has 0 saturated carbocycles. The number of nitrogens with one attached hydrogen (secondary N) is 1. The minimum absolute atomic E-state index is 0.224. The lowest BCUT2D eigenvalue weighted by atomic mass is 10.1. The molecular weight excluding hydrogens is 170 g/mol. The van der Waals surface area contributed by atoms with Crippen LogP contribution in [0.25, 0.3) is 0 Å². The number of amides is 2. The van der Waals surface area contributed by atoms with Crippen molar-refractivity contribution in [1.29, 1.82) is 0 Å². The van der Waals surface area contributed by atoms with Crippen LogP contribution in [0.1, 0.15) is 26.2 Å². The smallest absolute Gasteiger partial charge is 0.239 e. The van der Waals surface area contributed by atoms with Crippen molar-refractivity contribution < 1.29 is 15.3 Å². The number of rotatable bonds is 6. The lowest BCUT2D eigenvalue weighted by Gasteiger charge is -2.12. The highest BCUT2D eigenvalue weighted by molar-refractivity contribution is 5.85. The lowest BCUT2D eigenvalue weighted by molar-refractivity contribution is -0.368. The normalized spacial score (nSPS) is 12.2. The molecule has 0 aliphatic heterocycles. The molecule has 5 heteroatoms. The predicted octanol–water partition coefficient (Wildman–Crippen LogP) is -1.61. The third kappa shape index (κ3) is 6.10. The predicted molar refractivity (Wildman–Crippen MR) is 48.4 cm³/mol. The van der Waals surface area contributed by atoms with E-state index in [-0.39, 0.29) is 5.91 Å². The summed E-state index contributed by atoms with van der Waals surface area (Å²) in [6.45, 7) is 2.21. The maximum atomic E-state index is 10.8. The van der Waals surface area contributed by atoms with Gasteiger partial charge in [-0.05, 0) is 19.3 Å². The van der Waals surface area contributed by atoms with Gasteiger partial charge in [0.25, 0.3) is 0 Å². The van der Waals surface area contributed by atoms with Crippen LogP contribution < -0.4 is 16.8 Å². The van der Waals surface area contributed by atoms with E-state index in [0.29, 0.717) is 6.42 Å². The Hall–Kier alpha value is -1.10. The first-order chi connectivity index (χ1) is 6.07. The van der Waals surface area contributed by atoms with E-state index in [9.17, 15) is 9.59 Å². The maximum Gasteiger partial charge on any atom is 0.239 e. The van der Waals surface area contributed by atoms with Crippen LogP contribution in [0.2, 0.25) is 0 Å². The lowest BCUT2D eigenvalue weighted by Crippen LogP contribution is -2.50. The van der Waals surface area contributed by atoms with E-state index in [0.717, 1.165) is 19.4 Å². The Balaban J connectivity index is 3.81. The number of carbonyl (C=O) groups is 2. The van der Waals surface area contributed by atoms with E-state index in [4.69, 9.17) is 5.73 Å². The maximum absolute atomic E-state index is 10.8. The van der Waals surface area contributed by atoms with Gasteiger partial charge in [-0.25, -0.2) is 0 Å².